The van der Waals surface area contributed by atoms with Crippen LogP contribution in [0.1, 0.15) is 13.3 Å². The molecule has 0 aliphatic heterocycles. The Hall–Kier alpha value is -0.860. The largest absolute Gasteiger partial charge is 0.402 e. The number of allylic oxidation sites excluding steroid dienone is 1. The zero-order valence-corrected chi connectivity index (χ0v) is 6.06. The summed E-state index contributed by atoms with van der Waals surface area (Å²) >= 11 is 0. The van der Waals surface area contributed by atoms with Gasteiger partial charge in [0.1, 0.15) is 6.67 Å². The van der Waals surface area contributed by atoms with Gasteiger partial charge in [0.25, 0.3) is 0 Å². The second-order valence-corrected chi connectivity index (χ2v) is 2.36. The van der Waals surface area contributed by atoms with Crippen LogP contribution in [0.2, 0.25) is 0 Å². The molecule has 0 fully saturated rings. The van der Waals surface area contributed by atoms with E-state index in [0.717, 1.165) is 0 Å². The van der Waals surface area contributed by atoms with E-state index in [1.54, 1.807) is 6.92 Å². The molecule has 0 aromatic heterocycles. The molecule has 0 spiro atoms. The van der Waals surface area contributed by atoms with E-state index in [2.05, 4.69) is 6.58 Å². The van der Waals surface area contributed by atoms with Crippen LogP contribution in [-0.4, -0.2) is 12.5 Å². The van der Waals surface area contributed by atoms with Crippen molar-refractivity contribution in [3.05, 3.63) is 12.3 Å². The molecule has 0 saturated heterocycles. The minimum absolute atomic E-state index is 0.331. The van der Waals surface area contributed by atoms with Gasteiger partial charge < -0.3 is 5.73 Å². The van der Waals surface area contributed by atoms with E-state index in [0.29, 0.717) is 12.1 Å². The second-order valence-electron chi connectivity index (χ2n) is 2.36. The summed E-state index contributed by atoms with van der Waals surface area (Å²) in [6.45, 7) is 4.15. The molecule has 2 N–H and O–H groups in total. The number of hydrogen-bond donors (Lipinski definition) is 1. The maximum atomic E-state index is 11.7. The summed E-state index contributed by atoms with van der Waals surface area (Å²) in [6.07, 6.45) is 0.378. The number of rotatable bonds is 4. The second kappa shape index (κ2) is 4.04. The fourth-order valence-corrected chi connectivity index (χ4v) is 0.639. The van der Waals surface area contributed by atoms with Crippen molar-refractivity contribution in [2.45, 2.75) is 13.3 Å². The Bertz CT molecular complexity index is 145. The number of hydrogen-bond acceptors (Lipinski definition) is 2. The number of nitrogens with two attached hydrogens (primary N) is 1. The van der Waals surface area contributed by atoms with Crippen molar-refractivity contribution in [2.24, 2.45) is 11.7 Å². The first-order valence-electron chi connectivity index (χ1n) is 3.09. The highest BCUT2D eigenvalue weighted by atomic mass is 19.1. The van der Waals surface area contributed by atoms with Gasteiger partial charge in [0, 0.05) is 11.6 Å². The van der Waals surface area contributed by atoms with Crippen LogP contribution in [0.15, 0.2) is 12.3 Å². The van der Waals surface area contributed by atoms with Gasteiger partial charge in [-0.1, -0.05) is 13.5 Å². The molecule has 3 heteroatoms. The van der Waals surface area contributed by atoms with Crippen molar-refractivity contribution in [3.8, 4) is 0 Å². The number of ketones is 1. The third-order valence-electron chi connectivity index (χ3n) is 1.25. The van der Waals surface area contributed by atoms with Gasteiger partial charge in [0.05, 0.1) is 0 Å². The van der Waals surface area contributed by atoms with Crippen molar-refractivity contribution in [1.29, 1.82) is 0 Å². The third-order valence-corrected chi connectivity index (χ3v) is 1.25. The lowest BCUT2D eigenvalue weighted by Gasteiger charge is -2.05. The van der Waals surface area contributed by atoms with Crippen molar-refractivity contribution in [1.82, 2.24) is 0 Å². The Balaban J connectivity index is 3.72. The van der Waals surface area contributed by atoms with Gasteiger partial charge in [-0.05, 0) is 6.42 Å². The van der Waals surface area contributed by atoms with Crippen LogP contribution in [0.4, 0.5) is 4.39 Å². The molecule has 0 radical (unpaired) electrons. The molecular formula is C7H12FNO. The Labute approximate surface area is 59.9 Å². The minimum Gasteiger partial charge on any atom is -0.402 e. The molecule has 0 rings (SSSR count). The molecule has 0 aromatic rings. The highest BCUT2D eigenvalue weighted by Crippen LogP contribution is 2.06. The van der Waals surface area contributed by atoms with Gasteiger partial charge in [0.2, 0.25) is 0 Å². The van der Waals surface area contributed by atoms with Gasteiger partial charge in [-0.15, -0.1) is 0 Å². The standard InChI is InChI=1S/C7H12FNO/c1-5(3-6(2)9)7(10)4-8/h5H,2-4,9H2,1H3. The van der Waals surface area contributed by atoms with Crippen LogP contribution < -0.4 is 5.73 Å². The van der Waals surface area contributed by atoms with Crippen molar-refractivity contribution >= 4 is 5.78 Å². The predicted octanol–water partition coefficient (Wildman–Crippen LogP) is 1.02. The minimum atomic E-state index is -0.908. The molecule has 0 amide bonds. The molecule has 2 nitrogen and oxygen atoms in total. The van der Waals surface area contributed by atoms with E-state index in [1.807, 2.05) is 0 Å². The molecule has 10 heavy (non-hydrogen) atoms. The van der Waals surface area contributed by atoms with E-state index >= 15 is 0 Å². The highest BCUT2D eigenvalue weighted by molar-refractivity contribution is 5.81. The van der Waals surface area contributed by atoms with Crippen molar-refractivity contribution in [3.63, 3.8) is 0 Å². The van der Waals surface area contributed by atoms with E-state index in [4.69, 9.17) is 5.73 Å². The average Bonchev–Trinajstić information content (AvgIpc) is 1.85. The number of alkyl halides is 1. The third kappa shape index (κ3) is 3.22. The normalized spacial score (nSPS) is 12.6. The van der Waals surface area contributed by atoms with Crippen LogP contribution in [0.25, 0.3) is 0 Å². The predicted molar refractivity (Wildman–Crippen MR) is 38.1 cm³/mol. The van der Waals surface area contributed by atoms with Crippen LogP contribution in [0, 0.1) is 5.92 Å². The summed E-state index contributed by atoms with van der Waals surface area (Å²) < 4.78 is 11.7. The fraction of sp³-hybridized carbons (Fsp3) is 0.571. The molecule has 1 atom stereocenters. The molecule has 0 aliphatic carbocycles. The Morgan fingerprint density at radius 3 is 2.60 bits per heavy atom. The summed E-state index contributed by atoms with van der Waals surface area (Å²) in [4.78, 5) is 10.6. The molecule has 0 aliphatic rings. The highest BCUT2D eigenvalue weighted by Gasteiger charge is 2.11. The maximum Gasteiger partial charge on any atom is 0.166 e. The number of carbonyl (C=O) groups is 1. The Kier molecular flexibility index (Phi) is 3.69. The van der Waals surface area contributed by atoms with E-state index < -0.39 is 12.5 Å². The average molecular weight is 145 g/mol. The van der Waals surface area contributed by atoms with Crippen LogP contribution in [0.5, 0.6) is 0 Å². The van der Waals surface area contributed by atoms with Gasteiger partial charge in [-0.2, -0.15) is 0 Å². The van der Waals surface area contributed by atoms with Gasteiger partial charge in [-0.25, -0.2) is 4.39 Å². The molecule has 0 heterocycles. The topological polar surface area (TPSA) is 43.1 Å². The quantitative estimate of drug-likeness (QED) is 0.641. The maximum absolute atomic E-state index is 11.7. The van der Waals surface area contributed by atoms with Gasteiger partial charge in [-0.3, -0.25) is 4.79 Å². The Morgan fingerprint density at radius 2 is 2.30 bits per heavy atom. The zero-order valence-electron chi connectivity index (χ0n) is 6.06. The summed E-state index contributed by atoms with van der Waals surface area (Å²) in [5.74, 6) is -0.742. The fourth-order valence-electron chi connectivity index (χ4n) is 0.639. The zero-order chi connectivity index (χ0) is 8.15. The molecular weight excluding hydrogens is 133 g/mol. The van der Waals surface area contributed by atoms with Crippen LogP contribution >= 0.6 is 0 Å². The lowest BCUT2D eigenvalue weighted by molar-refractivity contribution is -0.123. The summed E-state index contributed by atoms with van der Waals surface area (Å²) in [6, 6.07) is 0. The van der Waals surface area contributed by atoms with Crippen molar-refractivity contribution < 1.29 is 9.18 Å². The first-order valence-corrected chi connectivity index (χ1v) is 3.09. The molecule has 58 valence electrons. The SMILES string of the molecule is C=C(N)CC(C)C(=O)CF. The number of carbonyl (C=O) groups excluding carboxylic acids is 1. The first-order chi connectivity index (χ1) is 4.57. The Morgan fingerprint density at radius 1 is 1.80 bits per heavy atom. The molecule has 0 saturated carbocycles. The van der Waals surface area contributed by atoms with Crippen molar-refractivity contribution in [2.75, 3.05) is 6.67 Å². The molecule has 1 unspecified atom stereocenters. The first kappa shape index (κ1) is 9.14. The van der Waals surface area contributed by atoms with Crippen LogP contribution in [0.3, 0.4) is 0 Å². The lowest BCUT2D eigenvalue weighted by atomic mass is 10.0. The van der Waals surface area contributed by atoms with E-state index in [9.17, 15) is 9.18 Å². The van der Waals surface area contributed by atoms with Gasteiger partial charge >= 0.3 is 0 Å². The number of halogens is 1. The summed E-state index contributed by atoms with van der Waals surface area (Å²) in [5, 5.41) is 0. The number of Topliss-reactive ketones (excluding diaryl/α,β-unsaturated/α-hetero) is 1. The van der Waals surface area contributed by atoms with E-state index in [-0.39, 0.29) is 5.92 Å². The van der Waals surface area contributed by atoms with Crippen LogP contribution in [-0.2, 0) is 4.79 Å². The smallest absolute Gasteiger partial charge is 0.166 e. The lowest BCUT2D eigenvalue weighted by Crippen LogP contribution is -2.15. The van der Waals surface area contributed by atoms with Gasteiger partial charge in [0.15, 0.2) is 5.78 Å². The summed E-state index contributed by atoms with van der Waals surface area (Å²) in [7, 11) is 0. The molecule has 0 aromatic carbocycles. The van der Waals surface area contributed by atoms with E-state index in [1.165, 1.54) is 0 Å². The molecule has 0 bridgehead atoms. The summed E-state index contributed by atoms with van der Waals surface area (Å²) in [5.41, 5.74) is 5.64. The monoisotopic (exact) mass is 145 g/mol.